The van der Waals surface area contributed by atoms with Crippen molar-refractivity contribution in [2.75, 3.05) is 0 Å². The number of ether oxygens (including phenoxy) is 1. The van der Waals surface area contributed by atoms with E-state index in [2.05, 4.69) is 0 Å². The molecule has 0 aromatic carbocycles. The van der Waals surface area contributed by atoms with Crippen LogP contribution in [0.1, 0.15) is 33.6 Å². The monoisotopic (exact) mass is 282 g/mol. The molecule has 5 nitrogen and oxygen atoms in total. The lowest BCUT2D eigenvalue weighted by Gasteiger charge is -2.31. The fraction of sp³-hybridized carbons (Fsp3) is 0.800. The van der Waals surface area contributed by atoms with Crippen molar-refractivity contribution in [1.82, 2.24) is 0 Å². The second-order valence-corrected chi connectivity index (χ2v) is 6.79. The molecule has 5 heteroatoms. The summed E-state index contributed by atoms with van der Waals surface area (Å²) in [5.41, 5.74) is 0.355. The number of rotatable bonds is 0. The number of hydrogen-bond donors (Lipinski definition) is 3. The van der Waals surface area contributed by atoms with Gasteiger partial charge >= 0.3 is 5.97 Å². The summed E-state index contributed by atoms with van der Waals surface area (Å²) in [4.78, 5) is 11.8. The highest BCUT2D eigenvalue weighted by atomic mass is 16.6. The highest BCUT2D eigenvalue weighted by Crippen LogP contribution is 2.51. The summed E-state index contributed by atoms with van der Waals surface area (Å²) < 4.78 is 5.35. The number of carbonyl (C=O) groups excluding carboxylic acids is 1. The highest BCUT2D eigenvalue weighted by Gasteiger charge is 2.57. The molecule has 3 aliphatic rings. The lowest BCUT2D eigenvalue weighted by molar-refractivity contribution is -0.146. The average Bonchev–Trinajstić information content (AvgIpc) is 2.76. The van der Waals surface area contributed by atoms with E-state index < -0.39 is 23.9 Å². The minimum atomic E-state index is -1.08. The summed E-state index contributed by atoms with van der Waals surface area (Å²) >= 11 is 0. The fourth-order valence-corrected chi connectivity index (χ4v) is 4.25. The smallest absolute Gasteiger partial charge is 0.309 e. The molecular weight excluding hydrogens is 260 g/mol. The van der Waals surface area contributed by atoms with Gasteiger partial charge in [0.25, 0.3) is 0 Å². The third-order valence-corrected chi connectivity index (χ3v) is 5.48. The van der Waals surface area contributed by atoms with E-state index in [9.17, 15) is 20.1 Å². The van der Waals surface area contributed by atoms with Gasteiger partial charge in [-0.15, -0.1) is 0 Å². The SMILES string of the molecule is CC1=C2[C@@H](O)[C@@H]3[C@H](C)C(=O)O[C@@H]3C[C@@](C)(O)[C@@H]2C[C@@H]1O. The van der Waals surface area contributed by atoms with Crippen LogP contribution in [-0.4, -0.2) is 45.2 Å². The maximum absolute atomic E-state index is 11.8. The molecule has 20 heavy (non-hydrogen) atoms. The summed E-state index contributed by atoms with van der Waals surface area (Å²) in [6.07, 6.45) is -1.18. The summed E-state index contributed by atoms with van der Waals surface area (Å²) in [6, 6.07) is 0. The molecular formula is C15H22O5. The molecule has 0 radical (unpaired) electrons. The van der Waals surface area contributed by atoms with Gasteiger partial charge in [-0.1, -0.05) is 6.92 Å². The lowest BCUT2D eigenvalue weighted by Crippen LogP contribution is -2.37. The van der Waals surface area contributed by atoms with Crippen LogP contribution >= 0.6 is 0 Å². The average molecular weight is 282 g/mol. The highest BCUT2D eigenvalue weighted by molar-refractivity contribution is 5.75. The van der Waals surface area contributed by atoms with Crippen LogP contribution in [0, 0.1) is 17.8 Å². The number of carbonyl (C=O) groups is 1. The van der Waals surface area contributed by atoms with Crippen LogP contribution in [0.3, 0.4) is 0 Å². The van der Waals surface area contributed by atoms with E-state index in [0.717, 1.165) is 5.57 Å². The molecule has 2 aliphatic carbocycles. The Balaban J connectivity index is 2.09. The van der Waals surface area contributed by atoms with E-state index in [0.29, 0.717) is 18.4 Å². The van der Waals surface area contributed by atoms with Crippen molar-refractivity contribution in [3.63, 3.8) is 0 Å². The van der Waals surface area contributed by atoms with Gasteiger partial charge in [0.1, 0.15) is 6.10 Å². The van der Waals surface area contributed by atoms with E-state index in [-0.39, 0.29) is 23.7 Å². The van der Waals surface area contributed by atoms with E-state index in [1.54, 1.807) is 20.8 Å². The molecule has 3 N–H and O–H groups in total. The van der Waals surface area contributed by atoms with Crippen molar-refractivity contribution in [3.05, 3.63) is 11.1 Å². The predicted octanol–water partition coefficient (Wildman–Crippen LogP) is 0.377. The topological polar surface area (TPSA) is 87.0 Å². The number of hydrogen-bond acceptors (Lipinski definition) is 5. The zero-order chi connectivity index (χ0) is 14.8. The molecule has 1 aliphatic heterocycles. The second kappa shape index (κ2) is 4.29. The molecule has 3 rings (SSSR count). The van der Waals surface area contributed by atoms with Crippen molar-refractivity contribution in [3.8, 4) is 0 Å². The first-order valence-electron chi connectivity index (χ1n) is 7.23. The van der Waals surface area contributed by atoms with Gasteiger partial charge in [-0.25, -0.2) is 0 Å². The molecule has 112 valence electrons. The number of aliphatic hydroxyl groups is 3. The summed E-state index contributed by atoms with van der Waals surface area (Å²) in [7, 11) is 0. The van der Waals surface area contributed by atoms with E-state index in [1.807, 2.05) is 0 Å². The Hall–Kier alpha value is -0.910. The second-order valence-electron chi connectivity index (χ2n) is 6.79. The molecule has 0 aromatic heterocycles. The first-order chi connectivity index (χ1) is 9.24. The van der Waals surface area contributed by atoms with Gasteiger partial charge in [-0.2, -0.15) is 0 Å². The van der Waals surface area contributed by atoms with Crippen LogP contribution < -0.4 is 0 Å². The Bertz CT molecular complexity index is 481. The van der Waals surface area contributed by atoms with Crippen molar-refractivity contribution in [2.45, 2.75) is 57.5 Å². The molecule has 7 atom stereocenters. The van der Waals surface area contributed by atoms with E-state index >= 15 is 0 Å². The molecule has 0 bridgehead atoms. The van der Waals surface area contributed by atoms with Crippen LogP contribution in [0.5, 0.6) is 0 Å². The molecule has 0 unspecified atom stereocenters. The lowest BCUT2D eigenvalue weighted by atomic mass is 9.81. The van der Waals surface area contributed by atoms with E-state index in [1.165, 1.54) is 0 Å². The normalized spacial score (nSPS) is 51.6. The standard InChI is InChI=1S/C15H22O5/c1-6-9(16)4-8-11(6)13(17)12-7(2)14(18)20-10(12)5-15(8,3)19/h7-10,12-13,16-17,19H,4-5H2,1-3H3/t7-,8+,9-,10+,12+,13+,15+/m0/s1. The Morgan fingerprint density at radius 1 is 1.35 bits per heavy atom. The third-order valence-electron chi connectivity index (χ3n) is 5.48. The van der Waals surface area contributed by atoms with Crippen LogP contribution in [0.15, 0.2) is 11.1 Å². The Kier molecular flexibility index (Phi) is 3.01. The Morgan fingerprint density at radius 2 is 2.00 bits per heavy atom. The third kappa shape index (κ3) is 1.76. The van der Waals surface area contributed by atoms with Gasteiger partial charge in [-0.3, -0.25) is 4.79 Å². The van der Waals surface area contributed by atoms with Crippen LogP contribution in [0.4, 0.5) is 0 Å². The predicted molar refractivity (Wildman–Crippen MR) is 70.6 cm³/mol. The van der Waals surface area contributed by atoms with Gasteiger partial charge in [0, 0.05) is 18.3 Å². The van der Waals surface area contributed by atoms with Crippen molar-refractivity contribution >= 4 is 5.97 Å². The van der Waals surface area contributed by atoms with Gasteiger partial charge in [0.05, 0.1) is 23.7 Å². The van der Waals surface area contributed by atoms with Crippen molar-refractivity contribution < 1.29 is 24.9 Å². The van der Waals surface area contributed by atoms with Gasteiger partial charge in [0.2, 0.25) is 0 Å². The zero-order valence-corrected chi connectivity index (χ0v) is 12.0. The van der Waals surface area contributed by atoms with Gasteiger partial charge in [-0.05, 0) is 31.4 Å². The fourth-order valence-electron chi connectivity index (χ4n) is 4.25. The minimum Gasteiger partial charge on any atom is -0.462 e. The van der Waals surface area contributed by atoms with Crippen molar-refractivity contribution in [1.29, 1.82) is 0 Å². The van der Waals surface area contributed by atoms with Crippen molar-refractivity contribution in [2.24, 2.45) is 17.8 Å². The molecule has 0 spiro atoms. The summed E-state index contributed by atoms with van der Waals surface area (Å²) in [5, 5.41) is 31.5. The first kappa shape index (κ1) is 14.0. The van der Waals surface area contributed by atoms with Crippen LogP contribution in [0.25, 0.3) is 0 Å². The molecule has 1 saturated carbocycles. The Labute approximate surface area is 118 Å². The van der Waals surface area contributed by atoms with E-state index in [4.69, 9.17) is 4.74 Å². The molecule has 2 fully saturated rings. The van der Waals surface area contributed by atoms with Gasteiger partial charge in [0.15, 0.2) is 0 Å². The first-order valence-corrected chi connectivity index (χ1v) is 7.23. The molecule has 0 aromatic rings. The van der Waals surface area contributed by atoms with Crippen LogP contribution in [-0.2, 0) is 9.53 Å². The number of aliphatic hydroxyl groups excluding tert-OH is 2. The minimum absolute atomic E-state index is 0.274. The molecule has 1 heterocycles. The Morgan fingerprint density at radius 3 is 2.65 bits per heavy atom. The summed E-state index contributed by atoms with van der Waals surface area (Å²) in [6.45, 7) is 5.25. The van der Waals surface area contributed by atoms with Gasteiger partial charge < -0.3 is 20.1 Å². The maximum atomic E-state index is 11.8. The molecule has 0 amide bonds. The van der Waals surface area contributed by atoms with Crippen LogP contribution in [0.2, 0.25) is 0 Å². The number of esters is 1. The molecule has 1 saturated heterocycles. The number of fused-ring (bicyclic) bond motifs is 2. The maximum Gasteiger partial charge on any atom is 0.309 e. The quantitative estimate of drug-likeness (QED) is 0.441. The zero-order valence-electron chi connectivity index (χ0n) is 12.0. The summed E-state index contributed by atoms with van der Waals surface area (Å²) in [5.74, 6) is -1.31. The largest absolute Gasteiger partial charge is 0.462 e.